The van der Waals surface area contributed by atoms with Crippen LogP contribution in [0.4, 0.5) is 0 Å². The van der Waals surface area contributed by atoms with E-state index in [1.807, 2.05) is 43.6 Å². The lowest BCUT2D eigenvalue weighted by molar-refractivity contribution is -0.149. The molecule has 5 aromatic carbocycles. The minimum Gasteiger partial charge on any atom is -0.508 e. The fraction of sp³-hybridized carbons (Fsp3) is 0.459. The molecule has 0 spiro atoms. The Morgan fingerprint density at radius 1 is 0.893 bits per heavy atom. The van der Waals surface area contributed by atoms with Gasteiger partial charge in [-0.15, -0.1) is 0 Å². The summed E-state index contributed by atoms with van der Waals surface area (Å²) in [5, 5.41) is 77.0. The molecule has 0 radical (unpaired) electrons. The van der Waals surface area contributed by atoms with Crippen LogP contribution in [-0.2, 0) is 53.6 Å². The van der Waals surface area contributed by atoms with Crippen LogP contribution in [0, 0.1) is 23.7 Å². The Hall–Kier alpha value is -5.19. The summed E-state index contributed by atoms with van der Waals surface area (Å²) < 4.78 is 18.4. The first-order valence-electron chi connectivity index (χ1n) is 26.8. The molecule has 0 amide bonds. The van der Waals surface area contributed by atoms with Gasteiger partial charge in [-0.25, -0.2) is 0 Å². The van der Waals surface area contributed by atoms with Crippen molar-refractivity contribution >= 4 is 38.1 Å². The highest BCUT2D eigenvalue weighted by atomic mass is 33.1. The minimum absolute atomic E-state index is 0.00653. The number of aromatic amines is 1. The molecule has 12 nitrogen and oxygen atoms in total. The number of carbonyl (C=O) groups is 1. The second-order valence-corrected chi connectivity index (χ2v) is 23.7. The molecule has 400 valence electrons. The number of aliphatic hydroxyl groups excluding tert-OH is 3. The van der Waals surface area contributed by atoms with Crippen LogP contribution >= 0.6 is 21.6 Å². The number of ether oxygens (including phenoxy) is 3. The van der Waals surface area contributed by atoms with Crippen LogP contribution in [0.25, 0.3) is 10.8 Å². The zero-order chi connectivity index (χ0) is 52.8. The second-order valence-electron chi connectivity index (χ2n) is 21.1. The summed E-state index contributed by atoms with van der Waals surface area (Å²) in [7, 11) is 6.43. The van der Waals surface area contributed by atoms with Crippen molar-refractivity contribution in [3.8, 4) is 28.7 Å². The average Bonchev–Trinajstić information content (AvgIpc) is 3.92. The SMILES string of the molecule is CCOC[C@H]1CCC[C@H](Oc2cc(C[C@@]3(c4cc(O)cc(CNC)c4)C(=O)[C@@H]4[C@H](CSS[C@@H](CO)c5cccc6ccc(CC)c(c56)Cc5c(ccc(O)c5OC)C[C@@H](Cc5cc[nH]c5)[C@@H]4O)C[C@@H]3O)ccc2O)C1. The van der Waals surface area contributed by atoms with E-state index >= 15 is 4.79 Å². The third-order valence-corrected chi connectivity index (χ3v) is 19.2. The van der Waals surface area contributed by atoms with Crippen molar-refractivity contribution in [2.75, 3.05) is 39.7 Å². The number of benzene rings is 5. The van der Waals surface area contributed by atoms with E-state index in [1.165, 1.54) is 21.6 Å². The summed E-state index contributed by atoms with van der Waals surface area (Å²) in [4.78, 5) is 19.8. The third kappa shape index (κ3) is 11.6. The van der Waals surface area contributed by atoms with E-state index in [0.29, 0.717) is 78.9 Å². The Balaban J connectivity index is 1.19. The van der Waals surface area contributed by atoms with Gasteiger partial charge in [0.2, 0.25) is 0 Å². The van der Waals surface area contributed by atoms with Crippen molar-refractivity contribution in [1.29, 1.82) is 0 Å². The van der Waals surface area contributed by atoms with E-state index in [0.717, 1.165) is 76.3 Å². The quantitative estimate of drug-likeness (QED) is 0.0454. The van der Waals surface area contributed by atoms with E-state index in [4.69, 9.17) is 14.2 Å². The second kappa shape index (κ2) is 24.4. The van der Waals surface area contributed by atoms with Gasteiger partial charge in [0.25, 0.3) is 0 Å². The lowest BCUT2D eigenvalue weighted by atomic mass is 9.55. The number of aryl methyl sites for hydroxylation is 1. The molecule has 2 saturated carbocycles. The van der Waals surface area contributed by atoms with Crippen LogP contribution in [0.15, 0.2) is 97.3 Å². The number of aliphatic hydroxyl groups is 3. The molecule has 75 heavy (non-hydrogen) atoms. The molecule has 9 atom stereocenters. The largest absolute Gasteiger partial charge is 0.508 e. The molecule has 3 aliphatic rings. The maximum absolute atomic E-state index is 16.7. The van der Waals surface area contributed by atoms with Gasteiger partial charge in [-0.3, -0.25) is 4.79 Å². The Morgan fingerprint density at radius 3 is 2.49 bits per heavy atom. The van der Waals surface area contributed by atoms with E-state index in [-0.39, 0.29) is 53.8 Å². The topological polar surface area (TPSA) is 194 Å². The summed E-state index contributed by atoms with van der Waals surface area (Å²) in [5.41, 5.74) is 5.86. The van der Waals surface area contributed by atoms with Crippen LogP contribution in [-0.4, -0.2) is 99.4 Å². The molecule has 0 bridgehead atoms. The Morgan fingerprint density at radius 2 is 1.73 bits per heavy atom. The molecule has 1 aliphatic heterocycles. The average molecular weight is 1060 g/mol. The zero-order valence-corrected chi connectivity index (χ0v) is 45.2. The first-order valence-corrected chi connectivity index (χ1v) is 29.1. The van der Waals surface area contributed by atoms with Crippen molar-refractivity contribution in [3.05, 3.63) is 147 Å². The van der Waals surface area contributed by atoms with Crippen molar-refractivity contribution in [2.45, 2.75) is 114 Å². The normalized spacial score (nSPS) is 25.5. The number of hydrogen-bond donors (Lipinski definition) is 8. The van der Waals surface area contributed by atoms with E-state index in [2.05, 4.69) is 41.5 Å². The summed E-state index contributed by atoms with van der Waals surface area (Å²) >= 11 is 0. The molecule has 1 aromatic heterocycles. The summed E-state index contributed by atoms with van der Waals surface area (Å²) in [6.07, 6.45) is 6.68. The Labute approximate surface area is 449 Å². The molecule has 8 N–H and O–H groups in total. The number of rotatable bonds is 15. The van der Waals surface area contributed by atoms with Crippen molar-refractivity contribution < 1.29 is 49.6 Å². The molecule has 9 rings (SSSR count). The van der Waals surface area contributed by atoms with Gasteiger partial charge in [-0.1, -0.05) is 77.0 Å². The number of carbonyl (C=O) groups excluding carboxylic acids is 1. The Kier molecular flexibility index (Phi) is 17.8. The number of nitrogens with one attached hydrogen (secondary N) is 2. The zero-order valence-electron chi connectivity index (χ0n) is 43.6. The van der Waals surface area contributed by atoms with Gasteiger partial charge in [0.1, 0.15) is 5.75 Å². The first kappa shape index (κ1) is 54.6. The summed E-state index contributed by atoms with van der Waals surface area (Å²) in [6, 6.07) is 26.2. The minimum atomic E-state index is -1.68. The summed E-state index contributed by atoms with van der Waals surface area (Å²) in [5.74, 6) is -1.19. The van der Waals surface area contributed by atoms with Crippen LogP contribution in [0.1, 0.15) is 101 Å². The van der Waals surface area contributed by atoms with Gasteiger partial charge in [-0.2, -0.15) is 0 Å². The van der Waals surface area contributed by atoms with Crippen molar-refractivity contribution in [3.63, 3.8) is 0 Å². The van der Waals surface area contributed by atoms with Crippen LogP contribution < -0.4 is 14.8 Å². The number of phenols is 3. The fourth-order valence-corrected chi connectivity index (χ4v) is 15.6. The Bertz CT molecular complexity index is 2910. The molecule has 2 heterocycles. The number of hydrogen-bond acceptors (Lipinski definition) is 13. The number of methoxy groups -OCH3 is 1. The van der Waals surface area contributed by atoms with Gasteiger partial charge in [-0.05, 0) is 181 Å². The highest BCUT2D eigenvalue weighted by Gasteiger charge is 2.58. The van der Waals surface area contributed by atoms with Gasteiger partial charge in [0, 0.05) is 55.8 Å². The molecule has 2 aliphatic carbocycles. The maximum atomic E-state index is 16.7. The molecular formula is C61H74N2O10S2. The lowest BCUT2D eigenvalue weighted by Crippen LogP contribution is -2.61. The third-order valence-electron chi connectivity index (χ3n) is 16.3. The fourth-order valence-electron chi connectivity index (χ4n) is 12.7. The number of aromatic hydroxyl groups is 3. The first-order chi connectivity index (χ1) is 36.4. The highest BCUT2D eigenvalue weighted by Crippen LogP contribution is 2.52. The predicted octanol–water partition coefficient (Wildman–Crippen LogP) is 10.1. The van der Waals surface area contributed by atoms with Crippen LogP contribution in [0.2, 0.25) is 0 Å². The molecule has 0 unspecified atom stereocenters. The number of fused-ring (bicyclic) bond motifs is 2. The molecule has 0 saturated heterocycles. The predicted molar refractivity (Wildman–Crippen MR) is 298 cm³/mol. The number of aromatic nitrogens is 1. The van der Waals surface area contributed by atoms with E-state index in [1.54, 1.807) is 50.6 Å². The highest BCUT2D eigenvalue weighted by molar-refractivity contribution is 8.76. The van der Waals surface area contributed by atoms with Crippen molar-refractivity contribution in [1.82, 2.24) is 10.3 Å². The maximum Gasteiger partial charge on any atom is 0.164 e. The van der Waals surface area contributed by atoms with Gasteiger partial charge < -0.3 is 55.2 Å². The number of phenolic OH excluding ortho intramolecular Hbond substituents is 3. The molecule has 6 aromatic rings. The molecular weight excluding hydrogens is 985 g/mol. The summed E-state index contributed by atoms with van der Waals surface area (Å²) in [6.45, 7) is 5.63. The standard InChI is InChI=1S/C61H74N2O10S2/c1-5-40-14-15-41-10-8-12-48-54(33-64)75-74-35-44-27-55(68)61(45-22-39(31-62-3)23-46(65)28-45,30-36-13-17-51(66)53(25-36)73-47-11-7-9-38(24-47)34-72-6-2)60(70)57(44)58(69)43(21-37-19-20-63-32-37)26-42-16-18-52(67)59(71-4)50(42)29-49(40)56(41)48/h8,10,12-20,22-23,25,28,32,38,43-44,47,54-55,57-58,62-69H,5-7,9,11,21,24,26-27,29-31,33-35H2,1-4H3/t38-,43+,44-,47-,54-,55-,57+,58-,61-/m0/s1. The van der Waals surface area contributed by atoms with Crippen molar-refractivity contribution in [2.24, 2.45) is 23.7 Å². The molecule has 14 heteroatoms. The van der Waals surface area contributed by atoms with Crippen LogP contribution in [0.5, 0.6) is 28.7 Å². The monoisotopic (exact) mass is 1060 g/mol. The number of ketones is 1. The van der Waals surface area contributed by atoms with Crippen LogP contribution in [0.3, 0.4) is 0 Å². The lowest BCUT2D eigenvalue weighted by Gasteiger charge is -2.49. The number of Topliss-reactive ketones (excluding diaryl/α,β-unsaturated/α-hetero) is 1. The molecule has 2 fully saturated rings. The van der Waals surface area contributed by atoms with E-state index < -0.39 is 35.4 Å². The van der Waals surface area contributed by atoms with Gasteiger partial charge >= 0.3 is 0 Å². The number of H-pyrrole nitrogens is 1. The van der Waals surface area contributed by atoms with E-state index in [9.17, 15) is 30.6 Å². The smallest absolute Gasteiger partial charge is 0.164 e. The van der Waals surface area contributed by atoms with Gasteiger partial charge in [0.05, 0.1) is 42.7 Å². The van der Waals surface area contributed by atoms with Gasteiger partial charge in [0.15, 0.2) is 28.8 Å².